The van der Waals surface area contributed by atoms with Crippen molar-refractivity contribution in [3.05, 3.63) is 77.7 Å². The van der Waals surface area contributed by atoms with Crippen LogP contribution < -0.4 is 25.8 Å². The Morgan fingerprint density at radius 1 is 1.03 bits per heavy atom. The van der Waals surface area contributed by atoms with Crippen LogP contribution in [0, 0.1) is 0 Å². The van der Waals surface area contributed by atoms with Crippen LogP contribution in [-0.2, 0) is 18.5 Å². The summed E-state index contributed by atoms with van der Waals surface area (Å²) in [7, 11) is 3.26. The molecule has 3 aromatic rings. The highest BCUT2D eigenvalue weighted by Crippen LogP contribution is 2.32. The van der Waals surface area contributed by atoms with E-state index in [1.807, 2.05) is 48.7 Å². The van der Waals surface area contributed by atoms with Gasteiger partial charge in [-0.05, 0) is 41.8 Å². The molecular weight excluding hydrogens is 392 g/mol. The first-order chi connectivity index (χ1) is 15.1. The average molecular weight is 419 g/mol. The van der Waals surface area contributed by atoms with Crippen LogP contribution in [0.15, 0.2) is 66.0 Å². The minimum Gasteiger partial charge on any atom is -0.497 e. The molecule has 0 saturated heterocycles. The van der Waals surface area contributed by atoms with Gasteiger partial charge in [0, 0.05) is 43.2 Å². The van der Waals surface area contributed by atoms with Crippen molar-refractivity contribution in [1.29, 1.82) is 0 Å². The first kappa shape index (κ1) is 20.6. The fraction of sp³-hybridized carbons (Fsp3) is 0.261. The number of anilines is 1. The monoisotopic (exact) mass is 418 g/mol. The van der Waals surface area contributed by atoms with Crippen LogP contribution >= 0.6 is 0 Å². The van der Waals surface area contributed by atoms with E-state index in [-0.39, 0.29) is 0 Å². The van der Waals surface area contributed by atoms with Gasteiger partial charge in [0.2, 0.25) is 0 Å². The van der Waals surface area contributed by atoms with Crippen LogP contribution in [0.25, 0.3) is 0 Å². The number of ether oxygens (including phenoxy) is 2. The van der Waals surface area contributed by atoms with E-state index in [1.165, 1.54) is 0 Å². The number of pyridine rings is 2. The maximum absolute atomic E-state index is 6.90. The van der Waals surface area contributed by atoms with Gasteiger partial charge in [0.15, 0.2) is 5.96 Å². The van der Waals surface area contributed by atoms with Gasteiger partial charge in [-0.25, -0.2) is 4.98 Å². The molecule has 1 unspecified atom stereocenters. The van der Waals surface area contributed by atoms with E-state index in [0.717, 1.165) is 23.1 Å². The van der Waals surface area contributed by atoms with Gasteiger partial charge in [-0.3, -0.25) is 9.98 Å². The second-order valence-electron chi connectivity index (χ2n) is 7.36. The van der Waals surface area contributed by atoms with Crippen molar-refractivity contribution < 1.29 is 9.47 Å². The number of methoxy groups -OCH3 is 2. The molecule has 3 heterocycles. The van der Waals surface area contributed by atoms with Crippen molar-refractivity contribution in [2.45, 2.75) is 18.5 Å². The highest BCUT2D eigenvalue weighted by Gasteiger charge is 2.36. The Morgan fingerprint density at radius 2 is 1.81 bits per heavy atom. The summed E-state index contributed by atoms with van der Waals surface area (Å²) in [5, 5.41) is 6.63. The summed E-state index contributed by atoms with van der Waals surface area (Å²) in [6, 6.07) is 13.5. The van der Waals surface area contributed by atoms with E-state index in [2.05, 4.69) is 25.6 Å². The molecule has 0 saturated carbocycles. The summed E-state index contributed by atoms with van der Waals surface area (Å²) < 4.78 is 10.8. The molecule has 160 valence electrons. The quantitative estimate of drug-likeness (QED) is 0.541. The van der Waals surface area contributed by atoms with Crippen LogP contribution in [0.1, 0.15) is 16.7 Å². The molecule has 1 atom stereocenters. The lowest BCUT2D eigenvalue weighted by Gasteiger charge is -2.38. The van der Waals surface area contributed by atoms with Crippen molar-refractivity contribution in [3.63, 3.8) is 0 Å². The van der Waals surface area contributed by atoms with E-state index in [1.54, 1.807) is 26.6 Å². The minimum absolute atomic E-state index is 0.489. The standard InChI is InChI=1S/C23H26N6O2/c1-30-18-11-17(12-19(13-18)31-2)14-23(24)20-6-4-9-26-21(20)28-22(29-23)27-10-7-16-5-3-8-25-15-16/h3-6,8-9,11-13,15H,7,10,14,24H2,1-2H3,(H2,26,27,28,29). The molecule has 1 aliphatic heterocycles. The van der Waals surface area contributed by atoms with Gasteiger partial charge in [-0.15, -0.1) is 0 Å². The summed E-state index contributed by atoms with van der Waals surface area (Å²) in [6.45, 7) is 0.590. The Morgan fingerprint density at radius 3 is 2.52 bits per heavy atom. The molecule has 8 heteroatoms. The largest absolute Gasteiger partial charge is 0.497 e. The van der Waals surface area contributed by atoms with E-state index in [0.29, 0.717) is 36.2 Å². The molecule has 0 aliphatic carbocycles. The predicted octanol–water partition coefficient (Wildman–Crippen LogP) is 2.46. The summed E-state index contributed by atoms with van der Waals surface area (Å²) in [4.78, 5) is 13.3. The molecule has 0 amide bonds. The Bertz CT molecular complexity index is 1050. The first-order valence-electron chi connectivity index (χ1n) is 10.0. The molecule has 0 bridgehead atoms. The fourth-order valence-corrected chi connectivity index (χ4v) is 3.64. The lowest BCUT2D eigenvalue weighted by molar-refractivity contribution is 0.383. The number of nitrogens with two attached hydrogens (primary N) is 1. The molecule has 1 aliphatic rings. The van der Waals surface area contributed by atoms with Gasteiger partial charge in [-0.2, -0.15) is 0 Å². The topological polar surface area (TPSA) is 107 Å². The Hall–Kier alpha value is -3.65. The van der Waals surface area contributed by atoms with Crippen molar-refractivity contribution in [2.75, 3.05) is 26.1 Å². The third-order valence-electron chi connectivity index (χ3n) is 5.15. The molecule has 0 fully saturated rings. The third-order valence-corrected chi connectivity index (χ3v) is 5.15. The number of aromatic nitrogens is 2. The van der Waals surface area contributed by atoms with Gasteiger partial charge in [-0.1, -0.05) is 12.1 Å². The minimum atomic E-state index is -0.903. The van der Waals surface area contributed by atoms with Gasteiger partial charge in [0.25, 0.3) is 0 Å². The highest BCUT2D eigenvalue weighted by atomic mass is 16.5. The fourth-order valence-electron chi connectivity index (χ4n) is 3.64. The number of benzene rings is 1. The van der Waals surface area contributed by atoms with E-state index in [4.69, 9.17) is 15.2 Å². The maximum atomic E-state index is 6.90. The van der Waals surface area contributed by atoms with E-state index in [9.17, 15) is 0 Å². The van der Waals surface area contributed by atoms with Crippen LogP contribution in [0.4, 0.5) is 5.82 Å². The average Bonchev–Trinajstić information content (AvgIpc) is 2.79. The molecule has 1 aromatic carbocycles. The smallest absolute Gasteiger partial charge is 0.198 e. The lowest BCUT2D eigenvalue weighted by atomic mass is 9.91. The number of nitrogens with zero attached hydrogens (tertiary/aromatic N) is 3. The van der Waals surface area contributed by atoms with Gasteiger partial charge in [0.1, 0.15) is 23.0 Å². The molecule has 4 N–H and O–H groups in total. The number of nitrogens with one attached hydrogen (secondary N) is 2. The van der Waals surface area contributed by atoms with Crippen molar-refractivity contribution >= 4 is 11.8 Å². The van der Waals surface area contributed by atoms with E-state index < -0.39 is 5.66 Å². The maximum Gasteiger partial charge on any atom is 0.198 e. The number of hydrogen-bond donors (Lipinski definition) is 3. The Kier molecular flexibility index (Phi) is 5.99. The summed E-state index contributed by atoms with van der Waals surface area (Å²) >= 11 is 0. The van der Waals surface area contributed by atoms with Gasteiger partial charge < -0.3 is 25.8 Å². The zero-order chi connectivity index (χ0) is 21.7. The molecule has 4 rings (SSSR count). The molecule has 0 radical (unpaired) electrons. The molecule has 31 heavy (non-hydrogen) atoms. The third kappa shape index (κ3) is 4.75. The van der Waals surface area contributed by atoms with Crippen LogP contribution in [0.3, 0.4) is 0 Å². The van der Waals surface area contributed by atoms with Crippen LogP contribution in [0.2, 0.25) is 0 Å². The number of hydrogen-bond acceptors (Lipinski definition) is 6. The Labute approximate surface area is 181 Å². The van der Waals surface area contributed by atoms with Crippen molar-refractivity contribution in [3.8, 4) is 11.5 Å². The van der Waals surface area contributed by atoms with Crippen LogP contribution in [-0.4, -0.2) is 36.7 Å². The zero-order valence-corrected chi connectivity index (χ0v) is 17.6. The SMILES string of the molecule is COc1cc(CC2(N)NC(=NCCc3cccnc3)Nc3ncccc32)cc(OC)c1. The second-order valence-corrected chi connectivity index (χ2v) is 7.36. The highest BCUT2D eigenvalue weighted by molar-refractivity contribution is 5.96. The number of fused-ring (bicyclic) bond motifs is 1. The van der Waals surface area contributed by atoms with Gasteiger partial charge >= 0.3 is 0 Å². The zero-order valence-electron chi connectivity index (χ0n) is 17.6. The van der Waals surface area contributed by atoms with Gasteiger partial charge in [0.05, 0.1) is 14.2 Å². The number of aliphatic imine (C=N–C) groups is 1. The molecule has 2 aromatic heterocycles. The van der Waals surface area contributed by atoms with E-state index >= 15 is 0 Å². The lowest BCUT2D eigenvalue weighted by Crippen LogP contribution is -2.59. The summed E-state index contributed by atoms with van der Waals surface area (Å²) in [5.74, 6) is 2.71. The van der Waals surface area contributed by atoms with Crippen molar-refractivity contribution in [2.24, 2.45) is 10.7 Å². The predicted molar refractivity (Wildman–Crippen MR) is 120 cm³/mol. The first-order valence-corrected chi connectivity index (χ1v) is 10.0. The van der Waals surface area contributed by atoms with Crippen molar-refractivity contribution in [1.82, 2.24) is 15.3 Å². The summed E-state index contributed by atoms with van der Waals surface area (Å²) in [6.07, 6.45) is 6.61. The molecular formula is C23H26N6O2. The summed E-state index contributed by atoms with van der Waals surface area (Å²) in [5.41, 5.74) is 8.95. The Balaban J connectivity index is 1.60. The number of guanidine groups is 1. The normalized spacial score (nSPS) is 18.6. The molecule has 0 spiro atoms. The second kappa shape index (κ2) is 9.01. The number of rotatable bonds is 7. The van der Waals surface area contributed by atoms with Crippen LogP contribution in [0.5, 0.6) is 11.5 Å². The molecule has 8 nitrogen and oxygen atoms in total.